The molecule has 0 saturated heterocycles. The lowest BCUT2D eigenvalue weighted by atomic mass is 9.61. The van der Waals surface area contributed by atoms with Crippen LogP contribution in [0.25, 0.3) is 0 Å². The van der Waals surface area contributed by atoms with Crippen molar-refractivity contribution >= 4 is 0 Å². The monoisotopic (exact) mass is 251 g/mol. The van der Waals surface area contributed by atoms with E-state index in [1.807, 2.05) is 0 Å². The lowest BCUT2D eigenvalue weighted by Gasteiger charge is -2.45. The van der Waals surface area contributed by atoms with Gasteiger partial charge >= 0.3 is 0 Å². The van der Waals surface area contributed by atoms with Crippen LogP contribution in [0.5, 0.6) is 0 Å². The van der Waals surface area contributed by atoms with Gasteiger partial charge in [-0.25, -0.2) is 0 Å². The average molecular weight is 251 g/mol. The summed E-state index contributed by atoms with van der Waals surface area (Å²) in [6, 6.07) is 0. The topological polar surface area (TPSA) is 12.0 Å². The van der Waals surface area contributed by atoms with Gasteiger partial charge in [0.05, 0.1) is 0 Å². The van der Waals surface area contributed by atoms with Gasteiger partial charge in [-0.2, -0.15) is 0 Å². The van der Waals surface area contributed by atoms with Crippen molar-refractivity contribution in [2.24, 2.45) is 23.2 Å². The molecule has 0 amide bonds. The first-order valence-electron chi connectivity index (χ1n) is 8.33. The normalized spacial score (nSPS) is 33.5. The van der Waals surface area contributed by atoms with Gasteiger partial charge < -0.3 is 5.32 Å². The Bertz CT molecular complexity index is 240. The van der Waals surface area contributed by atoms with Crippen molar-refractivity contribution in [2.75, 3.05) is 13.1 Å². The molecule has 2 fully saturated rings. The Labute approximate surface area is 114 Å². The molecule has 18 heavy (non-hydrogen) atoms. The zero-order valence-corrected chi connectivity index (χ0v) is 12.8. The Hall–Kier alpha value is -0.0400. The van der Waals surface area contributed by atoms with Gasteiger partial charge in [0.25, 0.3) is 0 Å². The Morgan fingerprint density at radius 3 is 2.44 bits per heavy atom. The van der Waals surface area contributed by atoms with E-state index < -0.39 is 0 Å². The van der Waals surface area contributed by atoms with E-state index in [1.165, 1.54) is 57.9 Å². The Kier molecular flexibility index (Phi) is 5.12. The van der Waals surface area contributed by atoms with Gasteiger partial charge in [-0.3, -0.25) is 0 Å². The molecule has 0 radical (unpaired) electrons. The molecular formula is C17H33N. The maximum atomic E-state index is 3.61. The van der Waals surface area contributed by atoms with E-state index >= 15 is 0 Å². The molecule has 2 aliphatic rings. The molecule has 0 aromatic rings. The lowest BCUT2D eigenvalue weighted by Crippen LogP contribution is -2.39. The summed E-state index contributed by atoms with van der Waals surface area (Å²) < 4.78 is 0. The summed E-state index contributed by atoms with van der Waals surface area (Å²) >= 11 is 0. The zero-order valence-electron chi connectivity index (χ0n) is 12.8. The molecule has 0 aliphatic heterocycles. The fourth-order valence-electron chi connectivity index (χ4n) is 4.39. The molecule has 1 N–H and O–H groups in total. The highest BCUT2D eigenvalue weighted by Gasteiger charge is 2.38. The van der Waals surface area contributed by atoms with Gasteiger partial charge in [-0.15, -0.1) is 0 Å². The third-order valence-corrected chi connectivity index (χ3v) is 5.50. The second-order valence-electron chi connectivity index (χ2n) is 7.54. The average Bonchev–Trinajstić information content (AvgIpc) is 2.38. The molecule has 2 rings (SSSR count). The summed E-state index contributed by atoms with van der Waals surface area (Å²) in [7, 11) is 0. The van der Waals surface area contributed by atoms with Crippen LogP contribution in [0.1, 0.15) is 72.1 Å². The van der Waals surface area contributed by atoms with Crippen molar-refractivity contribution in [3.63, 3.8) is 0 Å². The van der Waals surface area contributed by atoms with Crippen LogP contribution in [-0.4, -0.2) is 13.1 Å². The predicted molar refractivity (Wildman–Crippen MR) is 79.7 cm³/mol. The van der Waals surface area contributed by atoms with Crippen LogP contribution in [0.2, 0.25) is 0 Å². The van der Waals surface area contributed by atoms with Gasteiger partial charge in [0, 0.05) is 0 Å². The molecule has 0 bridgehead atoms. The smallest absolute Gasteiger partial charge is 0.00179 e. The highest BCUT2D eigenvalue weighted by molar-refractivity contribution is 4.90. The van der Waals surface area contributed by atoms with Crippen molar-refractivity contribution in [1.29, 1.82) is 0 Å². The molecule has 2 unspecified atom stereocenters. The standard InChI is InChI=1S/C17H33N/c1-4-18-13-15-10-11-17(2,3)12-16(15)14-8-6-5-7-9-14/h14-16,18H,4-13H2,1-3H3. The Morgan fingerprint density at radius 1 is 1.06 bits per heavy atom. The Balaban J connectivity index is 1.98. The van der Waals surface area contributed by atoms with Crippen LogP contribution in [0.15, 0.2) is 0 Å². The molecule has 2 saturated carbocycles. The summed E-state index contributed by atoms with van der Waals surface area (Å²) in [4.78, 5) is 0. The van der Waals surface area contributed by atoms with Crippen molar-refractivity contribution in [1.82, 2.24) is 5.32 Å². The summed E-state index contributed by atoms with van der Waals surface area (Å²) in [6.07, 6.45) is 11.9. The highest BCUT2D eigenvalue weighted by Crippen LogP contribution is 2.47. The zero-order chi connectivity index (χ0) is 13.0. The Morgan fingerprint density at radius 2 is 1.78 bits per heavy atom. The van der Waals surface area contributed by atoms with Crippen molar-refractivity contribution < 1.29 is 0 Å². The first-order chi connectivity index (χ1) is 8.62. The second-order valence-corrected chi connectivity index (χ2v) is 7.54. The van der Waals surface area contributed by atoms with Crippen LogP contribution in [0, 0.1) is 23.2 Å². The third kappa shape index (κ3) is 3.73. The van der Waals surface area contributed by atoms with Gasteiger partial charge in [0.1, 0.15) is 0 Å². The molecule has 0 heterocycles. The van der Waals surface area contributed by atoms with Gasteiger partial charge in [-0.1, -0.05) is 52.9 Å². The first-order valence-corrected chi connectivity index (χ1v) is 8.33. The molecule has 1 heteroatoms. The molecule has 2 aliphatic carbocycles. The minimum atomic E-state index is 0.602. The molecule has 0 aromatic heterocycles. The number of hydrogen-bond acceptors (Lipinski definition) is 1. The van der Waals surface area contributed by atoms with E-state index in [0.717, 1.165) is 24.3 Å². The number of nitrogens with one attached hydrogen (secondary N) is 1. The van der Waals surface area contributed by atoms with Gasteiger partial charge in [0.15, 0.2) is 0 Å². The first kappa shape index (κ1) is 14.4. The van der Waals surface area contributed by atoms with E-state index in [2.05, 4.69) is 26.1 Å². The number of rotatable bonds is 4. The highest BCUT2D eigenvalue weighted by atomic mass is 14.8. The lowest BCUT2D eigenvalue weighted by molar-refractivity contribution is 0.0578. The molecular weight excluding hydrogens is 218 g/mol. The van der Waals surface area contributed by atoms with Crippen molar-refractivity contribution in [3.8, 4) is 0 Å². The van der Waals surface area contributed by atoms with Crippen LogP contribution in [-0.2, 0) is 0 Å². The van der Waals surface area contributed by atoms with Crippen LogP contribution in [0.4, 0.5) is 0 Å². The molecule has 106 valence electrons. The third-order valence-electron chi connectivity index (χ3n) is 5.50. The van der Waals surface area contributed by atoms with E-state index in [0.29, 0.717) is 5.41 Å². The minimum absolute atomic E-state index is 0.602. The minimum Gasteiger partial charge on any atom is -0.317 e. The van der Waals surface area contributed by atoms with E-state index in [-0.39, 0.29) is 0 Å². The predicted octanol–water partition coefficient (Wildman–Crippen LogP) is 4.62. The van der Waals surface area contributed by atoms with E-state index in [1.54, 1.807) is 0 Å². The SMILES string of the molecule is CCNCC1CCC(C)(C)CC1C1CCCCC1. The summed E-state index contributed by atoms with van der Waals surface area (Å²) in [6.45, 7) is 9.63. The number of hydrogen-bond donors (Lipinski definition) is 1. The fourth-order valence-corrected chi connectivity index (χ4v) is 4.39. The molecule has 0 aromatic carbocycles. The van der Waals surface area contributed by atoms with Crippen molar-refractivity contribution in [2.45, 2.75) is 72.1 Å². The van der Waals surface area contributed by atoms with Crippen LogP contribution in [0.3, 0.4) is 0 Å². The fraction of sp³-hybridized carbons (Fsp3) is 1.00. The summed E-state index contributed by atoms with van der Waals surface area (Å²) in [5.74, 6) is 3.01. The van der Waals surface area contributed by atoms with Crippen LogP contribution >= 0.6 is 0 Å². The largest absolute Gasteiger partial charge is 0.317 e. The maximum Gasteiger partial charge on any atom is -0.00179 e. The summed E-state index contributed by atoms with van der Waals surface area (Å²) in [5.41, 5.74) is 0.602. The van der Waals surface area contributed by atoms with Gasteiger partial charge in [0.2, 0.25) is 0 Å². The van der Waals surface area contributed by atoms with Crippen LogP contribution < -0.4 is 5.32 Å². The maximum absolute atomic E-state index is 3.61. The summed E-state index contributed by atoms with van der Waals surface area (Å²) in [5, 5.41) is 3.61. The molecule has 0 spiro atoms. The van der Waals surface area contributed by atoms with E-state index in [4.69, 9.17) is 0 Å². The van der Waals surface area contributed by atoms with Crippen molar-refractivity contribution in [3.05, 3.63) is 0 Å². The second kappa shape index (κ2) is 6.41. The van der Waals surface area contributed by atoms with Gasteiger partial charge in [-0.05, 0) is 55.5 Å². The molecule has 1 nitrogen and oxygen atoms in total. The molecule has 2 atom stereocenters. The quantitative estimate of drug-likeness (QED) is 0.769. The van der Waals surface area contributed by atoms with E-state index in [9.17, 15) is 0 Å².